The van der Waals surface area contributed by atoms with Gasteiger partial charge in [0.1, 0.15) is 17.2 Å². The maximum atomic E-state index is 15.8. The molecule has 2 fully saturated rings. The largest absolute Gasteiger partial charge is 0.334 e. The fourth-order valence-electron chi connectivity index (χ4n) is 6.75. The average Bonchev–Trinajstić information content (AvgIpc) is 3.73. The van der Waals surface area contributed by atoms with E-state index in [0.717, 1.165) is 57.0 Å². The molecule has 1 aromatic carbocycles. The molecule has 222 valence electrons. The third-order valence-corrected chi connectivity index (χ3v) is 10.5. The standard InChI is InChI=1S/C32H32F2N6O2S/c1-39-11-9-17(10-12-39)24-7-8-27(38-37-24)35-25-14-20(16-40(2)32(25)42)21-5-6-23(33)29(28(21)34)36-31(41)26-15-22-18-3-4-19(13-18)30(22)43-26/h5-8,14-19H,3-4,9-13H2,1-2H3,(H,35,38)(H,36,41). The Labute approximate surface area is 251 Å². The molecule has 43 heavy (non-hydrogen) atoms. The third-order valence-electron chi connectivity index (χ3n) is 9.17. The Balaban J connectivity index is 1.13. The number of thiophene rings is 1. The van der Waals surface area contributed by atoms with E-state index in [9.17, 15) is 14.0 Å². The molecule has 2 atom stereocenters. The van der Waals surface area contributed by atoms with Crippen LogP contribution in [0, 0.1) is 11.6 Å². The molecule has 2 unspecified atom stereocenters. The topological polar surface area (TPSA) is 92.2 Å². The number of hydrogen-bond acceptors (Lipinski definition) is 7. The Morgan fingerprint density at radius 3 is 2.51 bits per heavy atom. The SMILES string of the molecule is CN1CCC(c2ccc(Nc3cc(-c4ccc(F)c(NC(=O)c5cc6c(s5)C5CCC6C5)c4F)cn(C)c3=O)nn2)CC1. The van der Waals surface area contributed by atoms with Crippen molar-refractivity contribution in [2.24, 2.45) is 7.05 Å². The van der Waals surface area contributed by atoms with Gasteiger partial charge in [-0.2, -0.15) is 5.10 Å². The zero-order valence-electron chi connectivity index (χ0n) is 24.0. The van der Waals surface area contributed by atoms with Crippen molar-refractivity contribution in [1.29, 1.82) is 0 Å². The molecule has 1 amide bonds. The summed E-state index contributed by atoms with van der Waals surface area (Å²) in [6, 6.07) is 9.50. The van der Waals surface area contributed by atoms with E-state index in [2.05, 4.69) is 32.8 Å². The Hall–Kier alpha value is -3.96. The summed E-state index contributed by atoms with van der Waals surface area (Å²) < 4.78 is 32.0. The number of fused-ring (bicyclic) bond motifs is 5. The number of aromatic nitrogens is 3. The van der Waals surface area contributed by atoms with Crippen LogP contribution >= 0.6 is 11.3 Å². The van der Waals surface area contributed by atoms with E-state index in [4.69, 9.17) is 0 Å². The lowest BCUT2D eigenvalue weighted by molar-refractivity contribution is 0.102. The van der Waals surface area contributed by atoms with Crippen LogP contribution in [0.5, 0.6) is 0 Å². The number of nitrogens with one attached hydrogen (secondary N) is 2. The van der Waals surface area contributed by atoms with Crippen LogP contribution in [-0.4, -0.2) is 45.7 Å². The molecule has 0 radical (unpaired) electrons. The van der Waals surface area contributed by atoms with Gasteiger partial charge >= 0.3 is 0 Å². The third kappa shape index (κ3) is 5.14. The van der Waals surface area contributed by atoms with Crippen molar-refractivity contribution >= 4 is 34.4 Å². The number of anilines is 3. The summed E-state index contributed by atoms with van der Waals surface area (Å²) in [5.41, 5.74) is 1.82. The van der Waals surface area contributed by atoms with Crippen molar-refractivity contribution in [2.75, 3.05) is 30.8 Å². The van der Waals surface area contributed by atoms with Gasteiger partial charge in [-0.3, -0.25) is 9.59 Å². The molecule has 3 aliphatic rings. The highest BCUT2D eigenvalue weighted by molar-refractivity contribution is 7.14. The van der Waals surface area contributed by atoms with Crippen molar-refractivity contribution in [2.45, 2.75) is 49.9 Å². The highest BCUT2D eigenvalue weighted by Crippen LogP contribution is 2.56. The number of aryl methyl sites for hydroxylation is 1. The van der Waals surface area contributed by atoms with Crippen molar-refractivity contribution in [3.05, 3.63) is 85.6 Å². The van der Waals surface area contributed by atoms with E-state index >= 15 is 4.39 Å². The second-order valence-corrected chi connectivity index (χ2v) is 13.1. The van der Waals surface area contributed by atoms with Gasteiger partial charge in [0.2, 0.25) is 0 Å². The zero-order chi connectivity index (χ0) is 29.8. The number of likely N-dealkylation sites (tertiary alicyclic amines) is 1. The predicted octanol–water partition coefficient (Wildman–Crippen LogP) is 6.35. The molecule has 1 saturated heterocycles. The van der Waals surface area contributed by atoms with Crippen LogP contribution in [0.15, 0.2) is 47.4 Å². The van der Waals surface area contributed by atoms with Gasteiger partial charge in [0.15, 0.2) is 11.6 Å². The molecule has 1 aliphatic heterocycles. The molecule has 2 aliphatic carbocycles. The Morgan fingerprint density at radius 1 is 0.977 bits per heavy atom. The van der Waals surface area contributed by atoms with Gasteiger partial charge in [-0.25, -0.2) is 8.78 Å². The number of carbonyl (C=O) groups is 1. The summed E-state index contributed by atoms with van der Waals surface area (Å²) in [5.74, 6) is -0.593. The molecular weight excluding hydrogens is 570 g/mol. The monoisotopic (exact) mass is 602 g/mol. The van der Waals surface area contributed by atoms with E-state index in [-0.39, 0.29) is 16.8 Å². The smallest absolute Gasteiger partial charge is 0.274 e. The number of amides is 1. The molecule has 1 saturated carbocycles. The lowest BCUT2D eigenvalue weighted by Crippen LogP contribution is -2.29. The minimum absolute atomic E-state index is 0.0470. The van der Waals surface area contributed by atoms with E-state index in [1.807, 2.05) is 12.1 Å². The second kappa shape index (κ2) is 10.9. The number of nitrogens with zero attached hydrogens (tertiary/aromatic N) is 4. The predicted molar refractivity (Wildman–Crippen MR) is 163 cm³/mol. The van der Waals surface area contributed by atoms with Crippen LogP contribution in [0.1, 0.15) is 75.7 Å². The molecule has 4 heterocycles. The van der Waals surface area contributed by atoms with Crippen molar-refractivity contribution in [3.63, 3.8) is 0 Å². The first-order valence-corrected chi connectivity index (χ1v) is 15.5. The van der Waals surface area contributed by atoms with E-state index in [0.29, 0.717) is 34.0 Å². The molecular formula is C32H32F2N6O2S. The number of pyridine rings is 1. The molecule has 3 aromatic heterocycles. The quantitative estimate of drug-likeness (QED) is 0.267. The normalized spacial score (nSPS) is 19.9. The first kappa shape index (κ1) is 27.8. The fraction of sp³-hybridized carbons (Fsp3) is 0.375. The van der Waals surface area contributed by atoms with Crippen LogP contribution in [0.25, 0.3) is 11.1 Å². The molecule has 8 nitrogen and oxygen atoms in total. The maximum absolute atomic E-state index is 15.8. The molecule has 7 rings (SSSR count). The number of piperidine rings is 1. The van der Waals surface area contributed by atoms with Gasteiger partial charge < -0.3 is 20.1 Å². The summed E-state index contributed by atoms with van der Waals surface area (Å²) >= 11 is 1.42. The van der Waals surface area contributed by atoms with Gasteiger partial charge in [0, 0.05) is 35.2 Å². The molecule has 4 aromatic rings. The highest BCUT2D eigenvalue weighted by Gasteiger charge is 2.39. The number of halogens is 2. The van der Waals surface area contributed by atoms with Crippen LogP contribution in [0.3, 0.4) is 0 Å². The minimum atomic E-state index is -0.913. The van der Waals surface area contributed by atoms with Crippen LogP contribution in [0.4, 0.5) is 26.0 Å². The number of hydrogen-bond donors (Lipinski definition) is 2. The first-order valence-electron chi connectivity index (χ1n) is 14.7. The van der Waals surface area contributed by atoms with E-state index < -0.39 is 23.2 Å². The fourth-order valence-corrected chi connectivity index (χ4v) is 8.05. The molecule has 2 bridgehead atoms. The average molecular weight is 603 g/mol. The summed E-state index contributed by atoms with van der Waals surface area (Å²) in [7, 11) is 3.66. The zero-order valence-corrected chi connectivity index (χ0v) is 24.8. The number of carbonyl (C=O) groups excluding carboxylic acids is 1. The van der Waals surface area contributed by atoms with Gasteiger partial charge in [0.25, 0.3) is 11.5 Å². The summed E-state index contributed by atoms with van der Waals surface area (Å²) in [4.78, 5) is 30.0. The summed E-state index contributed by atoms with van der Waals surface area (Å²) in [6.07, 6.45) is 6.92. The van der Waals surface area contributed by atoms with Gasteiger partial charge in [0.05, 0.1) is 10.6 Å². The van der Waals surface area contributed by atoms with Crippen molar-refractivity contribution < 1.29 is 13.6 Å². The minimum Gasteiger partial charge on any atom is -0.334 e. The first-order chi connectivity index (χ1) is 20.7. The highest BCUT2D eigenvalue weighted by atomic mass is 32.1. The Kier molecular flexibility index (Phi) is 7.09. The Bertz CT molecular complexity index is 1750. The van der Waals surface area contributed by atoms with E-state index in [1.165, 1.54) is 44.7 Å². The van der Waals surface area contributed by atoms with Crippen molar-refractivity contribution in [1.82, 2.24) is 19.7 Å². The Morgan fingerprint density at radius 2 is 1.77 bits per heavy atom. The van der Waals surface area contributed by atoms with Crippen LogP contribution in [-0.2, 0) is 7.05 Å². The van der Waals surface area contributed by atoms with Crippen molar-refractivity contribution in [3.8, 4) is 11.1 Å². The van der Waals surface area contributed by atoms with Gasteiger partial charge in [-0.05, 0) is 106 Å². The van der Waals surface area contributed by atoms with Crippen LogP contribution in [0.2, 0.25) is 0 Å². The lowest BCUT2D eigenvalue weighted by Gasteiger charge is -2.28. The maximum Gasteiger partial charge on any atom is 0.274 e. The molecule has 0 spiro atoms. The van der Waals surface area contributed by atoms with Gasteiger partial charge in [-0.1, -0.05) is 0 Å². The molecule has 2 N–H and O–H groups in total. The lowest BCUT2D eigenvalue weighted by atomic mass is 9.94. The summed E-state index contributed by atoms with van der Waals surface area (Å²) in [5, 5.41) is 14.2. The van der Waals surface area contributed by atoms with Crippen LogP contribution < -0.4 is 16.2 Å². The summed E-state index contributed by atoms with van der Waals surface area (Å²) in [6.45, 7) is 2.02. The molecule has 11 heteroatoms. The second-order valence-electron chi connectivity index (χ2n) is 12.0. The number of benzene rings is 1. The van der Waals surface area contributed by atoms with Gasteiger partial charge in [-0.15, -0.1) is 16.4 Å². The van der Waals surface area contributed by atoms with E-state index in [1.54, 1.807) is 13.1 Å². The number of rotatable bonds is 6.